The van der Waals surface area contributed by atoms with Crippen molar-refractivity contribution in [3.8, 4) is 0 Å². The highest BCUT2D eigenvalue weighted by atomic mass is 16.4. The number of aliphatic hydroxyl groups is 2. The number of nitrogens with one attached hydrogen (secondary N) is 1. The number of carboxylic acid groups (broad SMARTS) is 2. The summed E-state index contributed by atoms with van der Waals surface area (Å²) in [6, 6.07) is -1.13. The molecule has 26 heavy (non-hydrogen) atoms. The molecule has 0 aliphatic carbocycles. The summed E-state index contributed by atoms with van der Waals surface area (Å²) in [5, 5.41) is 35.5. The van der Waals surface area contributed by atoms with Gasteiger partial charge in [0.2, 0.25) is 5.91 Å². The number of carboxylic acids is 2. The van der Waals surface area contributed by atoms with Gasteiger partial charge in [0.15, 0.2) is 0 Å². The number of Topliss-reactive ketones (excluding diaryl/α,β-unsaturated/α-hetero) is 1. The third-order valence-corrected chi connectivity index (χ3v) is 3.33. The largest absolute Gasteiger partial charge is 0.480 e. The van der Waals surface area contributed by atoms with Gasteiger partial charge in [-0.3, -0.25) is 9.59 Å². The van der Waals surface area contributed by atoms with E-state index in [4.69, 9.17) is 20.4 Å². The Morgan fingerprint density at radius 1 is 0.962 bits per heavy atom. The van der Waals surface area contributed by atoms with E-state index in [0.717, 1.165) is 32.1 Å². The van der Waals surface area contributed by atoms with Crippen LogP contribution in [0, 0.1) is 0 Å². The minimum Gasteiger partial charge on any atom is -0.480 e. The van der Waals surface area contributed by atoms with Crippen molar-refractivity contribution in [1.29, 1.82) is 0 Å². The first-order valence-electron chi connectivity index (χ1n) is 8.71. The highest BCUT2D eigenvalue weighted by molar-refractivity contribution is 5.99. The second-order valence-electron chi connectivity index (χ2n) is 5.86. The van der Waals surface area contributed by atoms with E-state index in [9.17, 15) is 19.2 Å². The summed E-state index contributed by atoms with van der Waals surface area (Å²) in [7, 11) is 0. The van der Waals surface area contributed by atoms with Crippen molar-refractivity contribution in [3.05, 3.63) is 0 Å². The van der Waals surface area contributed by atoms with Gasteiger partial charge in [-0.2, -0.15) is 0 Å². The first-order chi connectivity index (χ1) is 12.1. The van der Waals surface area contributed by atoms with Gasteiger partial charge in [-0.1, -0.05) is 32.6 Å². The Morgan fingerprint density at radius 2 is 1.50 bits per heavy atom. The Bertz CT molecular complexity index is 436. The minimum absolute atomic E-state index is 0.0632. The highest BCUT2D eigenvalue weighted by Gasteiger charge is 2.20. The predicted molar refractivity (Wildman–Crippen MR) is 93.6 cm³/mol. The van der Waals surface area contributed by atoms with Crippen LogP contribution in [0.5, 0.6) is 0 Å². The number of hydrogen-bond acceptors (Lipinski definition) is 6. The molecule has 0 bridgehead atoms. The lowest BCUT2D eigenvalue weighted by Crippen LogP contribution is -2.42. The summed E-state index contributed by atoms with van der Waals surface area (Å²) < 4.78 is 0. The van der Waals surface area contributed by atoms with Gasteiger partial charge in [0.05, 0.1) is 6.42 Å². The Labute approximate surface area is 153 Å². The van der Waals surface area contributed by atoms with Crippen molar-refractivity contribution >= 4 is 23.6 Å². The van der Waals surface area contributed by atoms with E-state index in [0.29, 0.717) is 6.42 Å². The highest BCUT2D eigenvalue weighted by Crippen LogP contribution is 2.06. The lowest BCUT2D eigenvalue weighted by atomic mass is 10.1. The normalized spacial score (nSPS) is 12.3. The van der Waals surface area contributed by atoms with Gasteiger partial charge in [-0.25, -0.2) is 9.59 Å². The maximum atomic E-state index is 11.5. The van der Waals surface area contributed by atoms with Crippen LogP contribution in [0.15, 0.2) is 0 Å². The van der Waals surface area contributed by atoms with Crippen LogP contribution in [0.2, 0.25) is 0 Å². The molecule has 5 N–H and O–H groups in total. The van der Waals surface area contributed by atoms with E-state index in [2.05, 4.69) is 12.2 Å². The smallest absolute Gasteiger partial charge is 0.332 e. The van der Waals surface area contributed by atoms with Crippen LogP contribution in [-0.2, 0) is 19.2 Å². The monoisotopic (exact) mass is 377 g/mol. The molecule has 152 valence electrons. The van der Waals surface area contributed by atoms with Gasteiger partial charge < -0.3 is 25.7 Å². The van der Waals surface area contributed by atoms with Crippen LogP contribution in [0.25, 0.3) is 0 Å². The average Bonchev–Trinajstić information content (AvgIpc) is 2.54. The molecule has 0 aromatic heterocycles. The third-order valence-electron chi connectivity index (χ3n) is 3.33. The third kappa shape index (κ3) is 16.8. The predicted octanol–water partition coefficient (Wildman–Crippen LogP) is 0.710. The number of aliphatic hydroxyl groups excluding tert-OH is 2. The minimum atomic E-state index is -1.23. The van der Waals surface area contributed by atoms with Gasteiger partial charge in [-0.15, -0.1) is 0 Å². The molecule has 0 saturated heterocycles. The SMILES string of the molecule is CC(O)C(=O)O.CCCCCCCC(=O)CC(=O)NC(CCO)C(=O)O. The lowest BCUT2D eigenvalue weighted by Gasteiger charge is -2.12. The summed E-state index contributed by atoms with van der Waals surface area (Å²) in [6.07, 6.45) is 3.89. The lowest BCUT2D eigenvalue weighted by molar-refractivity contribution is -0.145. The summed E-state index contributed by atoms with van der Waals surface area (Å²) in [6.45, 7) is 2.98. The molecule has 0 saturated carbocycles. The zero-order valence-electron chi connectivity index (χ0n) is 15.4. The number of unbranched alkanes of at least 4 members (excludes halogenated alkanes) is 4. The second-order valence-corrected chi connectivity index (χ2v) is 5.86. The molecule has 0 aliphatic heterocycles. The quantitative estimate of drug-likeness (QED) is 0.231. The van der Waals surface area contributed by atoms with E-state index in [-0.39, 0.29) is 25.2 Å². The molecule has 0 aromatic carbocycles. The first kappa shape index (κ1) is 26.2. The number of aliphatic carboxylic acids is 2. The summed E-state index contributed by atoms with van der Waals surface area (Å²) in [4.78, 5) is 43.3. The van der Waals surface area contributed by atoms with Crippen LogP contribution in [0.3, 0.4) is 0 Å². The molecule has 0 heterocycles. The topological polar surface area (TPSA) is 161 Å². The molecule has 0 spiro atoms. The zero-order valence-corrected chi connectivity index (χ0v) is 15.4. The van der Waals surface area contributed by atoms with Crippen molar-refractivity contribution in [2.75, 3.05) is 6.61 Å². The van der Waals surface area contributed by atoms with E-state index in [1.54, 1.807) is 0 Å². The molecule has 9 nitrogen and oxygen atoms in total. The molecule has 1 amide bonds. The van der Waals surface area contributed by atoms with Gasteiger partial charge in [0.1, 0.15) is 17.9 Å². The Hall–Kier alpha value is -2.00. The van der Waals surface area contributed by atoms with Gasteiger partial charge >= 0.3 is 11.9 Å². The molecule has 0 aromatic rings. The first-order valence-corrected chi connectivity index (χ1v) is 8.71. The number of ketones is 1. The van der Waals surface area contributed by atoms with Crippen LogP contribution < -0.4 is 5.32 Å². The van der Waals surface area contributed by atoms with Crippen LogP contribution >= 0.6 is 0 Å². The maximum absolute atomic E-state index is 11.5. The zero-order chi connectivity index (χ0) is 20.5. The second kappa shape index (κ2) is 16.5. The fourth-order valence-corrected chi connectivity index (χ4v) is 1.83. The number of carbonyl (C=O) groups excluding carboxylic acids is 2. The van der Waals surface area contributed by atoms with Crippen LogP contribution in [-0.4, -0.2) is 62.8 Å². The Balaban J connectivity index is 0. The van der Waals surface area contributed by atoms with Gasteiger partial charge in [-0.05, 0) is 13.3 Å². The number of amides is 1. The molecule has 2 unspecified atom stereocenters. The van der Waals surface area contributed by atoms with Gasteiger partial charge in [0.25, 0.3) is 0 Å². The number of rotatable bonds is 13. The maximum Gasteiger partial charge on any atom is 0.332 e. The molecule has 0 rings (SSSR count). The molecule has 9 heteroatoms. The van der Waals surface area contributed by atoms with E-state index >= 15 is 0 Å². The molecule has 2 atom stereocenters. The van der Waals surface area contributed by atoms with Crippen molar-refractivity contribution < 1.29 is 39.6 Å². The summed E-state index contributed by atoms with van der Waals surface area (Å²) in [5.74, 6) is -3.16. The summed E-state index contributed by atoms with van der Waals surface area (Å²) in [5.41, 5.74) is 0. The Morgan fingerprint density at radius 3 is 1.92 bits per heavy atom. The fourth-order valence-electron chi connectivity index (χ4n) is 1.83. The number of hydrogen-bond donors (Lipinski definition) is 5. The summed E-state index contributed by atoms with van der Waals surface area (Å²) >= 11 is 0. The molecule has 0 radical (unpaired) electrons. The van der Waals surface area contributed by atoms with Crippen molar-refractivity contribution in [3.63, 3.8) is 0 Å². The van der Waals surface area contributed by atoms with Crippen molar-refractivity contribution in [2.24, 2.45) is 0 Å². The number of carbonyl (C=O) groups is 4. The fraction of sp³-hybridized carbons (Fsp3) is 0.765. The molecular formula is C17H31NO8. The van der Waals surface area contributed by atoms with E-state index < -0.39 is 30.0 Å². The Kier molecular flexibility index (Phi) is 16.6. The standard InChI is InChI=1S/C14H25NO5.C3H6O3/c1-2-3-4-5-6-7-11(17)10-13(18)15-12(8-9-16)14(19)20;1-2(4)3(5)6/h12,16H,2-10H2,1H3,(H,15,18)(H,19,20);2,4H,1H3,(H,5,6). The molecule has 0 fully saturated rings. The average molecular weight is 377 g/mol. The van der Waals surface area contributed by atoms with E-state index in [1.807, 2.05) is 0 Å². The van der Waals surface area contributed by atoms with Crippen LogP contribution in [0.1, 0.15) is 65.2 Å². The van der Waals surface area contributed by atoms with Crippen molar-refractivity contribution in [1.82, 2.24) is 5.32 Å². The molecule has 0 aliphatic rings. The van der Waals surface area contributed by atoms with Crippen molar-refractivity contribution in [2.45, 2.75) is 77.4 Å². The molecular weight excluding hydrogens is 346 g/mol. The van der Waals surface area contributed by atoms with Crippen LogP contribution in [0.4, 0.5) is 0 Å². The van der Waals surface area contributed by atoms with Gasteiger partial charge in [0, 0.05) is 19.4 Å². The van der Waals surface area contributed by atoms with E-state index in [1.165, 1.54) is 6.92 Å².